The number of pyridine rings is 3. The molecule has 0 saturated carbocycles. The maximum Gasteiger partial charge on any atom is 0.341 e. The maximum atomic E-state index is 10.6. The van der Waals surface area contributed by atoms with Crippen LogP contribution in [0.3, 0.4) is 0 Å². The van der Waals surface area contributed by atoms with Crippen molar-refractivity contribution in [3.8, 4) is 11.4 Å². The molecular weight excluding hydrogens is 782 g/mol. The smallest absolute Gasteiger partial charge is 0.341 e. The van der Waals surface area contributed by atoms with Gasteiger partial charge in [0.1, 0.15) is 5.56 Å². The summed E-state index contributed by atoms with van der Waals surface area (Å²) in [7, 11) is -1.43. The summed E-state index contributed by atoms with van der Waals surface area (Å²) in [6.45, 7) is 0. The summed E-state index contributed by atoms with van der Waals surface area (Å²) >= 11 is 0. The molecule has 268 valence electrons. The van der Waals surface area contributed by atoms with Gasteiger partial charge in [0.15, 0.2) is 0 Å². The number of aromatic amines is 1. The minimum atomic E-state index is -1.21. The van der Waals surface area contributed by atoms with Gasteiger partial charge in [0.25, 0.3) is 5.56 Å². The summed E-state index contributed by atoms with van der Waals surface area (Å²) in [5, 5.41) is 14.5. The molecule has 0 unspecified atom stereocenters. The van der Waals surface area contributed by atoms with Crippen molar-refractivity contribution in [3.05, 3.63) is 204 Å². The first-order valence-corrected chi connectivity index (χ1v) is 20.7. The summed E-state index contributed by atoms with van der Waals surface area (Å²) in [6, 6.07) is 58.9. The van der Waals surface area contributed by atoms with Gasteiger partial charge in [-0.15, -0.1) is 0 Å². The third-order valence-corrected chi connectivity index (χ3v) is 14.1. The number of carbonyl (C=O) groups is 1. The van der Waals surface area contributed by atoms with Gasteiger partial charge in [-0.1, -0.05) is 84.9 Å². The van der Waals surface area contributed by atoms with Gasteiger partial charge in [0.2, 0.25) is 0 Å². The molecule has 3 heterocycles. The Morgan fingerprint density at radius 2 is 0.868 bits per heavy atom. The fraction of sp³-hybridized carbons (Fsp3) is 0.0909. The van der Waals surface area contributed by atoms with Crippen LogP contribution in [-0.4, -0.2) is 38.4 Å². The summed E-state index contributed by atoms with van der Waals surface area (Å²) in [6.07, 6.45) is 10.1. The van der Waals surface area contributed by atoms with Crippen LogP contribution in [0.1, 0.15) is 23.2 Å². The van der Waals surface area contributed by atoms with Crippen molar-refractivity contribution < 1.29 is 29.4 Å². The quantitative estimate of drug-likeness (QED) is 0.0793. The zero-order valence-corrected chi connectivity index (χ0v) is 33.0. The normalized spacial score (nSPS) is 10.2. The number of nitrogens with one attached hydrogen (secondary N) is 1. The molecule has 0 aliphatic heterocycles. The maximum absolute atomic E-state index is 10.6. The molecule has 0 atom stereocenters. The van der Waals surface area contributed by atoms with Crippen LogP contribution >= 0.6 is 15.8 Å². The van der Waals surface area contributed by atoms with E-state index in [1.807, 2.05) is 36.4 Å². The topological polar surface area (TPSA) is 95.9 Å². The number of benzene rings is 4. The summed E-state index contributed by atoms with van der Waals surface area (Å²) in [5.41, 5.74) is 1.02. The van der Waals surface area contributed by atoms with Gasteiger partial charge >= 0.3 is 5.97 Å². The number of aromatic nitrogens is 3. The monoisotopic (exact) mass is 825 g/mol. The van der Waals surface area contributed by atoms with E-state index >= 15 is 0 Å². The molecule has 0 aliphatic carbocycles. The number of nitrogens with zero attached hydrogens (tertiary/aromatic N) is 2. The largest absolute Gasteiger partial charge is 0.477 e. The van der Waals surface area contributed by atoms with Crippen molar-refractivity contribution in [1.29, 1.82) is 0 Å². The minimum absolute atomic E-state index is 0. The Morgan fingerprint density at radius 1 is 0.509 bits per heavy atom. The van der Waals surface area contributed by atoms with Gasteiger partial charge in [0.05, 0.1) is 60.8 Å². The molecule has 0 spiro atoms. The van der Waals surface area contributed by atoms with E-state index in [4.69, 9.17) is 5.11 Å². The first kappa shape index (κ1) is 40.8. The van der Waals surface area contributed by atoms with Gasteiger partial charge in [-0.25, -0.2) is 4.79 Å². The summed E-state index contributed by atoms with van der Waals surface area (Å²) in [5.74, 6) is -1.21. The SMILES string of the molecule is O=C(O)c1ccc[nH]c1=O.[Ru].c1ccc(-c2ccccn2)nc1.c1ccc([PH+](CCCC[PH+](c2ccccc2)c2ccccc2)c2ccccc2)cc1. The van der Waals surface area contributed by atoms with Crippen molar-refractivity contribution in [2.45, 2.75) is 12.8 Å². The number of carboxylic acids is 1. The number of carboxylic acid groups (broad SMARTS) is 1. The molecule has 7 aromatic rings. The first-order chi connectivity index (χ1) is 25.6. The van der Waals surface area contributed by atoms with Crippen LogP contribution in [0.25, 0.3) is 11.4 Å². The number of H-pyrrole nitrogens is 1. The zero-order chi connectivity index (χ0) is 36.2. The van der Waals surface area contributed by atoms with Crippen LogP contribution in [0, 0.1) is 0 Å². The van der Waals surface area contributed by atoms with Crippen LogP contribution in [0.5, 0.6) is 0 Å². The Labute approximate surface area is 326 Å². The van der Waals surface area contributed by atoms with Gasteiger partial charge in [-0.05, 0) is 97.8 Å². The summed E-state index contributed by atoms with van der Waals surface area (Å²) in [4.78, 5) is 31.4. The molecule has 0 aliphatic rings. The van der Waals surface area contributed by atoms with Crippen LogP contribution in [-0.2, 0) is 19.5 Å². The molecule has 4 aromatic carbocycles. The Hall–Kier alpha value is -4.92. The minimum Gasteiger partial charge on any atom is -0.477 e. The fourth-order valence-electron chi connectivity index (χ4n) is 5.69. The fourth-order valence-corrected chi connectivity index (χ4v) is 11.1. The zero-order valence-electron chi connectivity index (χ0n) is 29.2. The van der Waals surface area contributed by atoms with Crippen LogP contribution in [0.4, 0.5) is 0 Å². The Balaban J connectivity index is 0.000000222. The molecule has 0 radical (unpaired) electrons. The second-order valence-corrected chi connectivity index (χ2v) is 17.0. The van der Waals surface area contributed by atoms with Crippen molar-refractivity contribution >= 4 is 43.0 Å². The first-order valence-electron chi connectivity index (χ1n) is 17.3. The average Bonchev–Trinajstić information content (AvgIpc) is 3.22. The van der Waals surface area contributed by atoms with E-state index in [1.165, 1.54) is 64.7 Å². The molecule has 53 heavy (non-hydrogen) atoms. The van der Waals surface area contributed by atoms with Crippen molar-refractivity contribution in [3.63, 3.8) is 0 Å². The number of unbranched alkanes of at least 4 members (excludes halogenated alkanes) is 1. The number of hydrogen-bond acceptors (Lipinski definition) is 4. The van der Waals surface area contributed by atoms with Crippen molar-refractivity contribution in [2.24, 2.45) is 0 Å². The standard InChI is InChI=1S/C28H28P2.C10H8N2.C6H5NO3.Ru/c1-5-15-25(16-6-1)29(26-17-7-2-8-18-26)23-13-14-24-30(27-19-9-3-10-20-27)28-21-11-4-12-22-28;1-3-7-11-9(5-1)10-6-2-4-8-12-10;8-5-4(6(9)10)2-1-3-7-5;/h1-12,15-22H,13-14,23-24H2;1-8H;1-3H,(H,7,8)(H,9,10);/p+2. The molecule has 3 aromatic heterocycles. The Morgan fingerprint density at radius 3 is 1.15 bits per heavy atom. The molecule has 0 fully saturated rings. The third-order valence-electron chi connectivity index (χ3n) is 8.23. The van der Waals surface area contributed by atoms with Crippen LogP contribution < -0.4 is 26.8 Å². The van der Waals surface area contributed by atoms with Gasteiger partial charge in [-0.2, -0.15) is 0 Å². The molecule has 9 heteroatoms. The van der Waals surface area contributed by atoms with Gasteiger partial charge < -0.3 is 10.1 Å². The van der Waals surface area contributed by atoms with Crippen molar-refractivity contribution in [2.75, 3.05) is 12.3 Å². The molecule has 7 rings (SSSR count). The predicted molar refractivity (Wildman–Crippen MR) is 221 cm³/mol. The molecular formula is C44H43N3O3P2Ru+2. The van der Waals surface area contributed by atoms with E-state index in [0.717, 1.165) is 11.4 Å². The number of aromatic carboxylic acids is 1. The van der Waals surface area contributed by atoms with Crippen LogP contribution in [0.2, 0.25) is 0 Å². The van der Waals surface area contributed by atoms with E-state index in [2.05, 4.69) is 136 Å². The van der Waals surface area contributed by atoms with Crippen molar-refractivity contribution in [1.82, 2.24) is 15.0 Å². The van der Waals surface area contributed by atoms with Gasteiger partial charge in [0, 0.05) is 38.1 Å². The molecule has 2 N–H and O–H groups in total. The predicted octanol–water partition coefficient (Wildman–Crippen LogP) is 7.71. The number of rotatable bonds is 11. The van der Waals surface area contributed by atoms with Gasteiger partial charge in [-0.3, -0.25) is 14.8 Å². The molecule has 6 nitrogen and oxygen atoms in total. The second kappa shape index (κ2) is 22.9. The Kier molecular flexibility index (Phi) is 17.6. The second-order valence-electron chi connectivity index (χ2n) is 11.8. The third kappa shape index (κ3) is 13.2. The molecule has 0 saturated heterocycles. The Bertz CT molecular complexity index is 1890. The van der Waals surface area contributed by atoms with Crippen LogP contribution in [0.15, 0.2) is 193 Å². The van der Waals surface area contributed by atoms with E-state index < -0.39 is 27.4 Å². The number of hydrogen-bond donors (Lipinski definition) is 2. The average molecular weight is 825 g/mol. The van der Waals surface area contributed by atoms with E-state index in [-0.39, 0.29) is 25.0 Å². The molecule has 0 amide bonds. The van der Waals surface area contributed by atoms with E-state index in [9.17, 15) is 9.59 Å². The van der Waals surface area contributed by atoms with E-state index in [0.29, 0.717) is 0 Å². The summed E-state index contributed by atoms with van der Waals surface area (Å²) < 4.78 is 0. The molecule has 0 bridgehead atoms. The van der Waals surface area contributed by atoms with E-state index in [1.54, 1.807) is 12.4 Å².